The van der Waals surface area contributed by atoms with Crippen molar-refractivity contribution in [2.45, 2.75) is 18.9 Å². The number of epoxide rings is 1. The van der Waals surface area contributed by atoms with E-state index in [9.17, 15) is 4.79 Å². The minimum Gasteiger partial charge on any atom is -0.373 e. The Morgan fingerprint density at radius 2 is 1.89 bits per heavy atom. The number of piperidine rings is 1. The zero-order valence-electron chi connectivity index (χ0n) is 11.0. The van der Waals surface area contributed by atoms with Crippen LogP contribution in [-0.2, 0) is 9.53 Å². The Hall–Kier alpha value is -1.61. The fourth-order valence-corrected chi connectivity index (χ4v) is 2.66. The highest BCUT2D eigenvalue weighted by Gasteiger charge is 2.35. The van der Waals surface area contributed by atoms with Gasteiger partial charge in [-0.1, -0.05) is 30.3 Å². The number of hydrogen-bond acceptors (Lipinski definition) is 2. The average Bonchev–Trinajstić information content (AvgIpc) is 3.31. The van der Waals surface area contributed by atoms with Gasteiger partial charge in [0.1, 0.15) is 0 Å². The van der Waals surface area contributed by atoms with E-state index in [4.69, 9.17) is 4.74 Å². The quantitative estimate of drug-likeness (QED) is 0.615. The molecule has 1 atom stereocenters. The minimum absolute atomic E-state index is 0.124. The first-order valence-electron chi connectivity index (χ1n) is 6.96. The highest BCUT2D eigenvalue weighted by molar-refractivity contribution is 5.91. The predicted molar refractivity (Wildman–Crippen MR) is 74.5 cm³/mol. The van der Waals surface area contributed by atoms with E-state index in [0.717, 1.165) is 38.1 Å². The number of amides is 1. The van der Waals surface area contributed by atoms with Crippen molar-refractivity contribution >= 4 is 12.0 Å². The van der Waals surface area contributed by atoms with Crippen LogP contribution in [0.5, 0.6) is 0 Å². The van der Waals surface area contributed by atoms with Crippen molar-refractivity contribution in [2.75, 3.05) is 19.7 Å². The lowest BCUT2D eigenvalue weighted by molar-refractivity contribution is -0.127. The Balaban J connectivity index is 1.52. The van der Waals surface area contributed by atoms with Crippen LogP contribution in [0.3, 0.4) is 0 Å². The SMILES string of the molecule is O=C(C=Cc1ccccc1)N1CCC([C@@H]2CO2)CC1. The molecule has 0 N–H and O–H groups in total. The number of ether oxygens (including phenoxy) is 1. The van der Waals surface area contributed by atoms with Crippen LogP contribution < -0.4 is 0 Å². The summed E-state index contributed by atoms with van der Waals surface area (Å²) in [7, 11) is 0. The van der Waals surface area contributed by atoms with E-state index >= 15 is 0 Å². The minimum atomic E-state index is 0.124. The van der Waals surface area contributed by atoms with Crippen molar-refractivity contribution in [1.29, 1.82) is 0 Å². The average molecular weight is 257 g/mol. The van der Waals surface area contributed by atoms with Gasteiger partial charge in [-0.25, -0.2) is 0 Å². The van der Waals surface area contributed by atoms with Crippen molar-refractivity contribution in [3.63, 3.8) is 0 Å². The number of carbonyl (C=O) groups is 1. The smallest absolute Gasteiger partial charge is 0.246 e. The monoisotopic (exact) mass is 257 g/mol. The molecule has 100 valence electrons. The summed E-state index contributed by atoms with van der Waals surface area (Å²) in [6, 6.07) is 9.93. The lowest BCUT2D eigenvalue weighted by Crippen LogP contribution is -2.38. The fourth-order valence-electron chi connectivity index (χ4n) is 2.66. The molecule has 0 aliphatic carbocycles. The van der Waals surface area contributed by atoms with E-state index in [1.54, 1.807) is 6.08 Å². The van der Waals surface area contributed by atoms with Crippen LogP contribution in [0.25, 0.3) is 6.08 Å². The first-order valence-corrected chi connectivity index (χ1v) is 6.96. The molecular weight excluding hydrogens is 238 g/mol. The normalized spacial score (nSPS) is 23.8. The largest absolute Gasteiger partial charge is 0.373 e. The zero-order chi connectivity index (χ0) is 13.1. The number of nitrogens with zero attached hydrogens (tertiary/aromatic N) is 1. The maximum Gasteiger partial charge on any atom is 0.246 e. The molecule has 1 aromatic carbocycles. The summed E-state index contributed by atoms with van der Waals surface area (Å²) in [5.74, 6) is 0.793. The molecule has 1 amide bonds. The Morgan fingerprint density at radius 1 is 1.21 bits per heavy atom. The van der Waals surface area contributed by atoms with Crippen LogP contribution >= 0.6 is 0 Å². The van der Waals surface area contributed by atoms with Gasteiger partial charge in [0.2, 0.25) is 5.91 Å². The number of benzene rings is 1. The first kappa shape index (κ1) is 12.4. The van der Waals surface area contributed by atoms with Gasteiger partial charge in [-0.15, -0.1) is 0 Å². The van der Waals surface area contributed by atoms with Crippen LogP contribution in [0, 0.1) is 5.92 Å². The summed E-state index contributed by atoms with van der Waals surface area (Å²) in [6.07, 6.45) is 6.21. The molecule has 0 radical (unpaired) electrons. The summed E-state index contributed by atoms with van der Waals surface area (Å²) in [5, 5.41) is 0. The molecular formula is C16H19NO2. The Labute approximate surface area is 113 Å². The molecule has 3 heteroatoms. The van der Waals surface area contributed by atoms with E-state index < -0.39 is 0 Å². The third-order valence-electron chi connectivity index (χ3n) is 3.95. The maximum absolute atomic E-state index is 12.1. The second-order valence-corrected chi connectivity index (χ2v) is 5.28. The number of carbonyl (C=O) groups excluding carboxylic acids is 1. The highest BCUT2D eigenvalue weighted by atomic mass is 16.6. The second-order valence-electron chi connectivity index (χ2n) is 5.28. The standard InChI is InChI=1S/C16H19NO2/c18-16(7-6-13-4-2-1-3-5-13)17-10-8-14(9-11-17)15-12-19-15/h1-7,14-15H,8-12H2/t15-/m0/s1. The van der Waals surface area contributed by atoms with Crippen LogP contribution in [-0.4, -0.2) is 36.6 Å². The van der Waals surface area contributed by atoms with Crippen molar-refractivity contribution in [3.05, 3.63) is 42.0 Å². The van der Waals surface area contributed by atoms with Crippen molar-refractivity contribution in [1.82, 2.24) is 4.90 Å². The number of hydrogen-bond donors (Lipinski definition) is 0. The van der Waals surface area contributed by atoms with Crippen molar-refractivity contribution in [2.24, 2.45) is 5.92 Å². The molecule has 2 heterocycles. The molecule has 2 aliphatic heterocycles. The lowest BCUT2D eigenvalue weighted by atomic mass is 9.94. The van der Waals surface area contributed by atoms with Gasteiger partial charge in [-0.05, 0) is 30.4 Å². The molecule has 3 nitrogen and oxygen atoms in total. The van der Waals surface area contributed by atoms with E-state index in [-0.39, 0.29) is 5.91 Å². The molecule has 0 bridgehead atoms. The van der Waals surface area contributed by atoms with Crippen molar-refractivity contribution in [3.8, 4) is 0 Å². The molecule has 2 aliphatic rings. The number of likely N-dealkylation sites (tertiary alicyclic amines) is 1. The molecule has 0 aromatic heterocycles. The van der Waals surface area contributed by atoms with Crippen molar-refractivity contribution < 1.29 is 9.53 Å². The molecule has 3 rings (SSSR count). The van der Waals surface area contributed by atoms with Gasteiger partial charge in [-0.3, -0.25) is 4.79 Å². The Bertz CT molecular complexity index is 457. The molecule has 0 saturated carbocycles. The van der Waals surface area contributed by atoms with E-state index in [1.165, 1.54) is 0 Å². The van der Waals surface area contributed by atoms with Gasteiger partial charge < -0.3 is 9.64 Å². The first-order chi connectivity index (χ1) is 9.33. The summed E-state index contributed by atoms with van der Waals surface area (Å²) < 4.78 is 5.33. The Morgan fingerprint density at radius 3 is 2.53 bits per heavy atom. The molecule has 2 saturated heterocycles. The topological polar surface area (TPSA) is 32.8 Å². The van der Waals surface area contributed by atoms with E-state index in [0.29, 0.717) is 12.0 Å². The van der Waals surface area contributed by atoms with Gasteiger partial charge in [0.15, 0.2) is 0 Å². The fraction of sp³-hybridized carbons (Fsp3) is 0.438. The number of rotatable bonds is 3. The van der Waals surface area contributed by atoms with Crippen LogP contribution in [0.2, 0.25) is 0 Å². The van der Waals surface area contributed by atoms with Gasteiger partial charge >= 0.3 is 0 Å². The molecule has 0 spiro atoms. The highest BCUT2D eigenvalue weighted by Crippen LogP contribution is 2.29. The lowest BCUT2D eigenvalue weighted by Gasteiger charge is -2.30. The van der Waals surface area contributed by atoms with Gasteiger partial charge in [0.25, 0.3) is 0 Å². The van der Waals surface area contributed by atoms with Crippen LogP contribution in [0.4, 0.5) is 0 Å². The molecule has 2 fully saturated rings. The van der Waals surface area contributed by atoms with E-state index in [2.05, 4.69) is 0 Å². The zero-order valence-corrected chi connectivity index (χ0v) is 11.0. The Kier molecular flexibility index (Phi) is 3.65. The molecule has 1 aromatic rings. The summed E-state index contributed by atoms with van der Waals surface area (Å²) in [4.78, 5) is 14.0. The van der Waals surface area contributed by atoms with Gasteiger partial charge in [0.05, 0.1) is 12.7 Å². The summed E-state index contributed by atoms with van der Waals surface area (Å²) in [6.45, 7) is 2.65. The predicted octanol–water partition coefficient (Wildman–Crippen LogP) is 2.34. The van der Waals surface area contributed by atoms with Crippen LogP contribution in [0.1, 0.15) is 18.4 Å². The second kappa shape index (κ2) is 5.57. The molecule has 19 heavy (non-hydrogen) atoms. The summed E-state index contributed by atoms with van der Waals surface area (Å²) >= 11 is 0. The third kappa shape index (κ3) is 3.24. The van der Waals surface area contributed by atoms with Gasteiger partial charge in [0, 0.05) is 19.2 Å². The maximum atomic E-state index is 12.1. The van der Waals surface area contributed by atoms with E-state index in [1.807, 2.05) is 41.3 Å². The van der Waals surface area contributed by atoms with Gasteiger partial charge in [-0.2, -0.15) is 0 Å². The third-order valence-corrected chi connectivity index (χ3v) is 3.95. The molecule has 0 unspecified atom stereocenters. The summed E-state index contributed by atoms with van der Waals surface area (Å²) in [5.41, 5.74) is 1.07. The van der Waals surface area contributed by atoms with Crippen LogP contribution in [0.15, 0.2) is 36.4 Å².